The molecule has 8 heteroatoms. The number of benzene rings is 1. The molecule has 0 unspecified atom stereocenters. The highest BCUT2D eigenvalue weighted by atomic mass is 16.5. The predicted octanol–water partition coefficient (Wildman–Crippen LogP) is 1.78. The summed E-state index contributed by atoms with van der Waals surface area (Å²) in [4.78, 5) is 12.2. The van der Waals surface area contributed by atoms with Crippen molar-refractivity contribution in [1.82, 2.24) is 25.4 Å². The van der Waals surface area contributed by atoms with Crippen LogP contribution in [-0.4, -0.2) is 40.6 Å². The molecular formula is C19H27N5O3. The average Bonchev–Trinajstić information content (AvgIpc) is 2.92. The number of aromatic nitrogens is 3. The number of ether oxygens (including phenoxy) is 2. The standard InChI is InChI=1S/C19H27N5O3/c1-2-9-27-14-16-6-4-3-5-15(16)12-20-19(25)21-13-18-23-22-17-7-10-26-11-8-24(17)18/h3-6H,2,7-14H2,1H3,(H2,20,21,25). The Balaban J connectivity index is 1.49. The average molecular weight is 373 g/mol. The minimum atomic E-state index is -0.235. The molecule has 0 atom stereocenters. The second kappa shape index (κ2) is 10.0. The molecule has 2 amide bonds. The Morgan fingerprint density at radius 2 is 2.00 bits per heavy atom. The molecule has 1 aromatic heterocycles. The monoisotopic (exact) mass is 373 g/mol. The fourth-order valence-corrected chi connectivity index (χ4v) is 2.96. The second-order valence-corrected chi connectivity index (χ2v) is 6.40. The van der Waals surface area contributed by atoms with Gasteiger partial charge in [-0.2, -0.15) is 0 Å². The van der Waals surface area contributed by atoms with Crippen molar-refractivity contribution in [3.8, 4) is 0 Å². The van der Waals surface area contributed by atoms with Gasteiger partial charge >= 0.3 is 6.03 Å². The zero-order valence-corrected chi connectivity index (χ0v) is 15.7. The highest BCUT2D eigenvalue weighted by Crippen LogP contribution is 2.10. The summed E-state index contributed by atoms with van der Waals surface area (Å²) in [5.74, 6) is 1.66. The van der Waals surface area contributed by atoms with Gasteiger partial charge in [-0.1, -0.05) is 31.2 Å². The van der Waals surface area contributed by atoms with Gasteiger partial charge in [0.2, 0.25) is 0 Å². The molecule has 0 bridgehead atoms. The van der Waals surface area contributed by atoms with Crippen LogP contribution in [0.25, 0.3) is 0 Å². The molecule has 3 rings (SSSR count). The number of nitrogens with one attached hydrogen (secondary N) is 2. The number of hydrogen-bond donors (Lipinski definition) is 2. The Labute approximate surface area is 159 Å². The lowest BCUT2D eigenvalue weighted by molar-refractivity contribution is 0.121. The third-order valence-corrected chi connectivity index (χ3v) is 4.40. The summed E-state index contributed by atoms with van der Waals surface area (Å²) >= 11 is 0. The van der Waals surface area contributed by atoms with Gasteiger partial charge in [0, 0.05) is 26.1 Å². The highest BCUT2D eigenvalue weighted by molar-refractivity contribution is 5.73. The zero-order chi connectivity index (χ0) is 18.9. The first-order chi connectivity index (χ1) is 13.3. The zero-order valence-electron chi connectivity index (χ0n) is 15.7. The third kappa shape index (κ3) is 5.51. The van der Waals surface area contributed by atoms with E-state index >= 15 is 0 Å². The SMILES string of the molecule is CCCOCc1ccccc1CNC(=O)NCc1nnc2n1CCOCC2. The van der Waals surface area contributed by atoms with Gasteiger partial charge in [-0.15, -0.1) is 10.2 Å². The highest BCUT2D eigenvalue weighted by Gasteiger charge is 2.15. The van der Waals surface area contributed by atoms with Crippen LogP contribution in [0.2, 0.25) is 0 Å². The number of nitrogens with zero attached hydrogens (tertiary/aromatic N) is 3. The van der Waals surface area contributed by atoms with E-state index < -0.39 is 0 Å². The van der Waals surface area contributed by atoms with E-state index in [2.05, 4.69) is 27.8 Å². The molecule has 0 spiro atoms. The third-order valence-electron chi connectivity index (χ3n) is 4.40. The van der Waals surface area contributed by atoms with Gasteiger partial charge in [-0.3, -0.25) is 0 Å². The van der Waals surface area contributed by atoms with Crippen molar-refractivity contribution in [2.75, 3.05) is 19.8 Å². The number of carbonyl (C=O) groups excluding carboxylic acids is 1. The summed E-state index contributed by atoms with van der Waals surface area (Å²) < 4.78 is 13.1. The maximum atomic E-state index is 12.2. The summed E-state index contributed by atoms with van der Waals surface area (Å²) in [6.45, 7) is 6.17. The molecule has 0 saturated heterocycles. The van der Waals surface area contributed by atoms with Crippen LogP contribution in [0.1, 0.15) is 36.1 Å². The molecule has 0 saturated carbocycles. The van der Waals surface area contributed by atoms with E-state index in [0.29, 0.717) is 39.5 Å². The number of urea groups is 1. The van der Waals surface area contributed by atoms with Gasteiger partial charge in [0.1, 0.15) is 5.82 Å². The van der Waals surface area contributed by atoms with Crippen molar-refractivity contribution in [1.29, 1.82) is 0 Å². The normalized spacial score (nSPS) is 13.7. The van der Waals surface area contributed by atoms with Crippen molar-refractivity contribution < 1.29 is 14.3 Å². The molecule has 0 fully saturated rings. The lowest BCUT2D eigenvalue weighted by Crippen LogP contribution is -2.35. The van der Waals surface area contributed by atoms with Gasteiger partial charge in [0.25, 0.3) is 0 Å². The Kier molecular flexibility index (Phi) is 7.18. The minimum absolute atomic E-state index is 0.235. The summed E-state index contributed by atoms with van der Waals surface area (Å²) in [5.41, 5.74) is 2.14. The molecular weight excluding hydrogens is 346 g/mol. The van der Waals surface area contributed by atoms with E-state index in [1.54, 1.807) is 0 Å². The van der Waals surface area contributed by atoms with E-state index in [0.717, 1.165) is 42.2 Å². The van der Waals surface area contributed by atoms with E-state index in [-0.39, 0.29) is 6.03 Å². The van der Waals surface area contributed by atoms with E-state index in [1.165, 1.54) is 0 Å². The lowest BCUT2D eigenvalue weighted by Gasteiger charge is -2.12. The Morgan fingerprint density at radius 1 is 1.19 bits per heavy atom. The summed E-state index contributed by atoms with van der Waals surface area (Å²) in [5, 5.41) is 14.1. The van der Waals surface area contributed by atoms with Crippen LogP contribution < -0.4 is 10.6 Å². The Bertz CT molecular complexity index is 747. The van der Waals surface area contributed by atoms with Gasteiger partial charge < -0.3 is 24.7 Å². The summed E-state index contributed by atoms with van der Waals surface area (Å²) in [7, 11) is 0. The summed E-state index contributed by atoms with van der Waals surface area (Å²) in [6, 6.07) is 7.74. The maximum Gasteiger partial charge on any atom is 0.315 e. The lowest BCUT2D eigenvalue weighted by atomic mass is 10.1. The van der Waals surface area contributed by atoms with Crippen molar-refractivity contribution in [3.05, 3.63) is 47.0 Å². The smallest absolute Gasteiger partial charge is 0.315 e. The largest absolute Gasteiger partial charge is 0.379 e. The minimum Gasteiger partial charge on any atom is -0.379 e. The quantitative estimate of drug-likeness (QED) is 0.689. The topological polar surface area (TPSA) is 90.3 Å². The molecule has 8 nitrogen and oxygen atoms in total. The number of hydrogen-bond acceptors (Lipinski definition) is 5. The first-order valence-electron chi connectivity index (χ1n) is 9.43. The van der Waals surface area contributed by atoms with Crippen LogP contribution in [0.5, 0.6) is 0 Å². The molecule has 146 valence electrons. The fourth-order valence-electron chi connectivity index (χ4n) is 2.96. The number of rotatable bonds is 8. The first-order valence-corrected chi connectivity index (χ1v) is 9.43. The van der Waals surface area contributed by atoms with Crippen LogP contribution in [0.4, 0.5) is 4.79 Å². The van der Waals surface area contributed by atoms with Crippen molar-refractivity contribution in [2.45, 2.75) is 46.0 Å². The van der Waals surface area contributed by atoms with Gasteiger partial charge in [0.15, 0.2) is 5.82 Å². The van der Waals surface area contributed by atoms with Crippen molar-refractivity contribution in [3.63, 3.8) is 0 Å². The predicted molar refractivity (Wildman–Crippen MR) is 100 cm³/mol. The van der Waals surface area contributed by atoms with Gasteiger partial charge in [0.05, 0.1) is 26.4 Å². The Morgan fingerprint density at radius 3 is 2.85 bits per heavy atom. The molecule has 2 N–H and O–H groups in total. The van der Waals surface area contributed by atoms with Gasteiger partial charge in [-0.25, -0.2) is 4.79 Å². The molecule has 0 aliphatic carbocycles. The van der Waals surface area contributed by atoms with Crippen molar-refractivity contribution in [2.24, 2.45) is 0 Å². The molecule has 1 aliphatic heterocycles. The summed E-state index contributed by atoms with van der Waals surface area (Å²) in [6.07, 6.45) is 1.73. The molecule has 1 aromatic carbocycles. The number of carbonyl (C=O) groups is 1. The number of fused-ring (bicyclic) bond motifs is 1. The van der Waals surface area contributed by atoms with E-state index in [4.69, 9.17) is 9.47 Å². The molecule has 1 aliphatic rings. The van der Waals surface area contributed by atoms with E-state index in [9.17, 15) is 4.79 Å². The molecule has 0 radical (unpaired) electrons. The fraction of sp³-hybridized carbons (Fsp3) is 0.526. The van der Waals surface area contributed by atoms with Crippen LogP contribution in [-0.2, 0) is 42.1 Å². The van der Waals surface area contributed by atoms with Gasteiger partial charge in [-0.05, 0) is 17.5 Å². The van der Waals surface area contributed by atoms with Crippen LogP contribution in [0.3, 0.4) is 0 Å². The van der Waals surface area contributed by atoms with Crippen molar-refractivity contribution >= 4 is 6.03 Å². The first kappa shape index (κ1) is 19.3. The second-order valence-electron chi connectivity index (χ2n) is 6.40. The molecule has 27 heavy (non-hydrogen) atoms. The molecule has 2 heterocycles. The van der Waals surface area contributed by atoms with Crippen LogP contribution >= 0.6 is 0 Å². The molecule has 2 aromatic rings. The Hall–Kier alpha value is -2.45. The number of amides is 2. The van der Waals surface area contributed by atoms with E-state index in [1.807, 2.05) is 28.8 Å². The van der Waals surface area contributed by atoms with Crippen LogP contribution in [0, 0.1) is 0 Å². The maximum absolute atomic E-state index is 12.2. The van der Waals surface area contributed by atoms with Crippen LogP contribution in [0.15, 0.2) is 24.3 Å².